The molecule has 0 spiro atoms. The summed E-state index contributed by atoms with van der Waals surface area (Å²) in [4.78, 5) is 4.02. The van der Waals surface area contributed by atoms with E-state index in [9.17, 15) is 4.39 Å². The summed E-state index contributed by atoms with van der Waals surface area (Å²) in [5.74, 6) is 0.554. The van der Waals surface area contributed by atoms with Crippen LogP contribution in [0.1, 0.15) is 5.56 Å². The molecule has 0 radical (unpaired) electrons. The predicted octanol–water partition coefficient (Wildman–Crippen LogP) is 2.40. The molecule has 1 heterocycles. The molecule has 4 nitrogen and oxygen atoms in total. The maximum Gasteiger partial charge on any atom is 0.170 e. The molecule has 0 bridgehead atoms. The molecule has 2 aromatic rings. The first-order valence-corrected chi connectivity index (χ1v) is 5.68. The number of methoxy groups -OCH3 is 2. The second-order valence-corrected chi connectivity index (χ2v) is 3.86. The largest absolute Gasteiger partial charge is 0.493 e. The number of nitrogens with zero attached hydrogens (tertiary/aromatic N) is 1. The SMILES string of the molecule is COc1cccc(-c2cc(CO)c(F)cn2)c1OC. The average Bonchev–Trinajstić information content (AvgIpc) is 2.46. The molecule has 1 N–H and O–H groups in total. The highest BCUT2D eigenvalue weighted by Crippen LogP contribution is 2.37. The van der Waals surface area contributed by atoms with Gasteiger partial charge < -0.3 is 14.6 Å². The molecule has 0 unspecified atom stereocenters. The van der Waals surface area contributed by atoms with Gasteiger partial charge in [-0.1, -0.05) is 6.07 Å². The van der Waals surface area contributed by atoms with Gasteiger partial charge >= 0.3 is 0 Å². The van der Waals surface area contributed by atoms with E-state index in [4.69, 9.17) is 14.6 Å². The topological polar surface area (TPSA) is 51.6 Å². The summed E-state index contributed by atoms with van der Waals surface area (Å²) in [6.07, 6.45) is 1.08. The smallest absolute Gasteiger partial charge is 0.170 e. The molecule has 0 saturated heterocycles. The van der Waals surface area contributed by atoms with Crippen molar-refractivity contribution in [2.24, 2.45) is 0 Å². The predicted molar refractivity (Wildman–Crippen MR) is 68.7 cm³/mol. The van der Waals surface area contributed by atoms with Crippen molar-refractivity contribution in [2.75, 3.05) is 14.2 Å². The Balaban J connectivity index is 2.58. The Morgan fingerprint density at radius 1 is 1.26 bits per heavy atom. The van der Waals surface area contributed by atoms with E-state index in [1.807, 2.05) is 0 Å². The van der Waals surface area contributed by atoms with E-state index in [0.717, 1.165) is 6.20 Å². The van der Waals surface area contributed by atoms with Gasteiger partial charge in [-0.2, -0.15) is 0 Å². The number of pyridine rings is 1. The van der Waals surface area contributed by atoms with Gasteiger partial charge in [-0.05, 0) is 18.2 Å². The Labute approximate surface area is 110 Å². The van der Waals surface area contributed by atoms with Crippen molar-refractivity contribution in [3.05, 3.63) is 41.8 Å². The van der Waals surface area contributed by atoms with Crippen molar-refractivity contribution in [3.8, 4) is 22.8 Å². The first kappa shape index (κ1) is 13.3. The highest BCUT2D eigenvalue weighted by molar-refractivity contribution is 5.71. The third-order valence-corrected chi connectivity index (χ3v) is 2.78. The summed E-state index contributed by atoms with van der Waals surface area (Å²) in [5.41, 5.74) is 1.38. The zero-order chi connectivity index (χ0) is 13.8. The van der Waals surface area contributed by atoms with Crippen LogP contribution in [-0.4, -0.2) is 24.3 Å². The molecule has 0 aliphatic rings. The molecular weight excluding hydrogens is 249 g/mol. The molecule has 5 heteroatoms. The molecule has 100 valence electrons. The van der Waals surface area contributed by atoms with Gasteiger partial charge in [-0.25, -0.2) is 4.39 Å². The lowest BCUT2D eigenvalue weighted by Gasteiger charge is -2.12. The minimum absolute atomic E-state index is 0.190. The number of hydrogen-bond acceptors (Lipinski definition) is 4. The zero-order valence-corrected chi connectivity index (χ0v) is 10.7. The van der Waals surface area contributed by atoms with Crippen LogP contribution in [0.2, 0.25) is 0 Å². The van der Waals surface area contributed by atoms with E-state index in [1.54, 1.807) is 25.3 Å². The number of halogens is 1. The number of para-hydroxylation sites is 1. The first-order chi connectivity index (χ1) is 9.21. The number of benzene rings is 1. The van der Waals surface area contributed by atoms with E-state index >= 15 is 0 Å². The van der Waals surface area contributed by atoms with Crippen LogP contribution in [0.4, 0.5) is 4.39 Å². The van der Waals surface area contributed by atoms with Gasteiger partial charge in [0.25, 0.3) is 0 Å². The Bertz CT molecular complexity index is 587. The molecule has 0 atom stereocenters. The van der Waals surface area contributed by atoms with Crippen LogP contribution >= 0.6 is 0 Å². The summed E-state index contributed by atoms with van der Waals surface area (Å²) < 4.78 is 23.8. The highest BCUT2D eigenvalue weighted by atomic mass is 19.1. The van der Waals surface area contributed by atoms with E-state index in [-0.39, 0.29) is 12.2 Å². The average molecular weight is 263 g/mol. The zero-order valence-electron chi connectivity index (χ0n) is 10.7. The van der Waals surface area contributed by atoms with Crippen molar-refractivity contribution >= 4 is 0 Å². The van der Waals surface area contributed by atoms with Gasteiger partial charge in [-0.3, -0.25) is 4.98 Å². The number of aliphatic hydroxyl groups excluding tert-OH is 1. The molecule has 0 amide bonds. The lowest BCUT2D eigenvalue weighted by Crippen LogP contribution is -1.97. The molecule has 0 aliphatic heterocycles. The molecule has 1 aromatic heterocycles. The minimum atomic E-state index is -0.534. The van der Waals surface area contributed by atoms with Crippen molar-refractivity contribution in [1.82, 2.24) is 4.98 Å². The van der Waals surface area contributed by atoms with Crippen LogP contribution in [-0.2, 0) is 6.61 Å². The fourth-order valence-electron chi connectivity index (χ4n) is 1.84. The molecule has 2 rings (SSSR count). The fraction of sp³-hybridized carbons (Fsp3) is 0.214. The summed E-state index contributed by atoms with van der Waals surface area (Å²) in [6, 6.07) is 6.84. The lowest BCUT2D eigenvalue weighted by molar-refractivity contribution is 0.275. The number of aromatic nitrogens is 1. The maximum absolute atomic E-state index is 13.3. The fourth-order valence-corrected chi connectivity index (χ4v) is 1.84. The Hall–Kier alpha value is -2.14. The summed E-state index contributed by atoms with van der Waals surface area (Å²) in [5, 5.41) is 9.09. The quantitative estimate of drug-likeness (QED) is 0.920. The van der Waals surface area contributed by atoms with Crippen LogP contribution in [0.3, 0.4) is 0 Å². The second-order valence-electron chi connectivity index (χ2n) is 3.86. The summed E-state index contributed by atoms with van der Waals surface area (Å²) >= 11 is 0. The van der Waals surface area contributed by atoms with E-state index in [0.29, 0.717) is 22.8 Å². The van der Waals surface area contributed by atoms with Gasteiger partial charge in [0, 0.05) is 11.1 Å². The van der Waals surface area contributed by atoms with Gasteiger partial charge in [0.1, 0.15) is 5.82 Å². The van der Waals surface area contributed by atoms with E-state index in [1.165, 1.54) is 13.2 Å². The molecule has 0 saturated carbocycles. The molecule has 0 fully saturated rings. The number of rotatable bonds is 4. The van der Waals surface area contributed by atoms with Gasteiger partial charge in [0.15, 0.2) is 11.5 Å². The molecule has 19 heavy (non-hydrogen) atoms. The number of ether oxygens (including phenoxy) is 2. The van der Waals surface area contributed by atoms with Crippen LogP contribution in [0.15, 0.2) is 30.5 Å². The Morgan fingerprint density at radius 3 is 2.68 bits per heavy atom. The van der Waals surface area contributed by atoms with Crippen LogP contribution in [0.25, 0.3) is 11.3 Å². The van der Waals surface area contributed by atoms with Crippen molar-refractivity contribution in [1.29, 1.82) is 0 Å². The van der Waals surface area contributed by atoms with Crippen LogP contribution in [0.5, 0.6) is 11.5 Å². The molecule has 0 aliphatic carbocycles. The van der Waals surface area contributed by atoms with Crippen LogP contribution in [0, 0.1) is 5.82 Å². The second kappa shape index (κ2) is 5.67. The van der Waals surface area contributed by atoms with Crippen molar-refractivity contribution in [3.63, 3.8) is 0 Å². The summed E-state index contributed by atoms with van der Waals surface area (Å²) in [6.45, 7) is -0.381. The molecular formula is C14H14FNO3. The van der Waals surface area contributed by atoms with Gasteiger partial charge in [0.2, 0.25) is 0 Å². The van der Waals surface area contributed by atoms with Crippen molar-refractivity contribution < 1.29 is 19.0 Å². The van der Waals surface area contributed by atoms with Crippen LogP contribution < -0.4 is 9.47 Å². The Kier molecular flexibility index (Phi) is 3.97. The van der Waals surface area contributed by atoms with Gasteiger partial charge in [0.05, 0.1) is 32.7 Å². The highest BCUT2D eigenvalue weighted by Gasteiger charge is 2.14. The molecule has 1 aromatic carbocycles. The standard InChI is InChI=1S/C14H14FNO3/c1-18-13-5-3-4-10(14(13)19-2)12-6-9(8-17)11(15)7-16-12/h3-7,17H,8H2,1-2H3. The summed E-state index contributed by atoms with van der Waals surface area (Å²) in [7, 11) is 3.07. The monoisotopic (exact) mass is 263 g/mol. The van der Waals surface area contributed by atoms with E-state index in [2.05, 4.69) is 4.98 Å². The lowest BCUT2D eigenvalue weighted by atomic mass is 10.1. The van der Waals surface area contributed by atoms with E-state index < -0.39 is 5.82 Å². The normalized spacial score (nSPS) is 10.3. The number of aliphatic hydroxyl groups is 1. The maximum atomic E-state index is 13.3. The number of hydrogen-bond donors (Lipinski definition) is 1. The van der Waals surface area contributed by atoms with Crippen molar-refractivity contribution in [2.45, 2.75) is 6.61 Å². The first-order valence-electron chi connectivity index (χ1n) is 5.68. The Morgan fingerprint density at radius 2 is 2.05 bits per heavy atom. The minimum Gasteiger partial charge on any atom is -0.493 e. The van der Waals surface area contributed by atoms with Gasteiger partial charge in [-0.15, -0.1) is 0 Å². The third-order valence-electron chi connectivity index (χ3n) is 2.78. The third kappa shape index (κ3) is 2.51.